The number of aliphatic hydroxyl groups excluding tert-OH is 5. The highest BCUT2D eigenvalue weighted by Gasteiger charge is 2.44. The van der Waals surface area contributed by atoms with Crippen molar-refractivity contribution in [3.8, 4) is 0 Å². The van der Waals surface area contributed by atoms with Crippen LogP contribution in [0.5, 0.6) is 0 Å². The molecule has 1 aliphatic heterocycles. The van der Waals surface area contributed by atoms with E-state index in [0.717, 1.165) is 38.5 Å². The fourth-order valence-corrected chi connectivity index (χ4v) is 7.62. The van der Waals surface area contributed by atoms with Crippen LogP contribution in [-0.2, 0) is 14.3 Å². The molecule has 1 saturated heterocycles. The van der Waals surface area contributed by atoms with Gasteiger partial charge in [-0.2, -0.15) is 0 Å². The number of amides is 1. The molecule has 0 aromatic rings. The van der Waals surface area contributed by atoms with Crippen LogP contribution in [0.15, 0.2) is 24.3 Å². The van der Waals surface area contributed by atoms with E-state index in [-0.39, 0.29) is 12.5 Å². The van der Waals surface area contributed by atoms with Gasteiger partial charge in [0.15, 0.2) is 6.29 Å². The molecule has 336 valence electrons. The van der Waals surface area contributed by atoms with E-state index in [4.69, 9.17) is 9.47 Å². The lowest BCUT2D eigenvalue weighted by molar-refractivity contribution is -0.302. The molecule has 0 saturated carbocycles. The van der Waals surface area contributed by atoms with Crippen LogP contribution in [0.3, 0.4) is 0 Å². The van der Waals surface area contributed by atoms with Crippen molar-refractivity contribution < 1.29 is 39.8 Å². The number of carbonyl (C=O) groups excluding carboxylic acids is 1. The lowest BCUT2D eigenvalue weighted by Crippen LogP contribution is -2.60. The fraction of sp³-hybridized carbons (Fsp3) is 0.896. The fourth-order valence-electron chi connectivity index (χ4n) is 7.62. The summed E-state index contributed by atoms with van der Waals surface area (Å²) < 4.78 is 11.2. The van der Waals surface area contributed by atoms with E-state index < -0.39 is 49.5 Å². The topological polar surface area (TPSA) is 149 Å². The van der Waals surface area contributed by atoms with Crippen LogP contribution in [0.2, 0.25) is 0 Å². The molecule has 7 atom stereocenters. The van der Waals surface area contributed by atoms with Crippen molar-refractivity contribution in [1.29, 1.82) is 0 Å². The summed E-state index contributed by atoms with van der Waals surface area (Å²) in [5.41, 5.74) is 0. The zero-order valence-corrected chi connectivity index (χ0v) is 36.9. The monoisotopic (exact) mass is 810 g/mol. The largest absolute Gasteiger partial charge is 0.394 e. The zero-order valence-electron chi connectivity index (χ0n) is 36.9. The van der Waals surface area contributed by atoms with Crippen LogP contribution in [0.25, 0.3) is 0 Å². The third-order valence-electron chi connectivity index (χ3n) is 11.5. The van der Waals surface area contributed by atoms with Crippen LogP contribution in [0, 0.1) is 0 Å². The first-order chi connectivity index (χ1) is 27.8. The first-order valence-electron chi connectivity index (χ1n) is 24.1. The van der Waals surface area contributed by atoms with Crippen molar-refractivity contribution in [3.05, 3.63) is 24.3 Å². The van der Waals surface area contributed by atoms with Gasteiger partial charge in [-0.25, -0.2) is 0 Å². The number of hydrogen-bond acceptors (Lipinski definition) is 8. The Hall–Kier alpha value is -1.33. The highest BCUT2D eigenvalue weighted by Crippen LogP contribution is 2.23. The van der Waals surface area contributed by atoms with Crippen molar-refractivity contribution in [2.45, 2.75) is 262 Å². The van der Waals surface area contributed by atoms with Crippen LogP contribution < -0.4 is 5.32 Å². The number of allylic oxidation sites excluding steroid dienone is 3. The summed E-state index contributed by atoms with van der Waals surface area (Å²) in [5.74, 6) is -0.177. The molecule has 0 unspecified atom stereocenters. The van der Waals surface area contributed by atoms with Crippen LogP contribution in [-0.4, -0.2) is 87.5 Å². The SMILES string of the molecule is CCCCCCCCC=CCCCCCCCCCCCCCC(=O)N[C@@H](CO[C@@H]1O[C@H](CO)[C@@H](O)[C@H](O)[C@H]1O)[C@H](O)/C=C/CCCCCCCCCCCCC. The smallest absolute Gasteiger partial charge is 0.220 e. The first-order valence-corrected chi connectivity index (χ1v) is 24.1. The number of unbranched alkanes of at least 4 members (excludes halogenated alkanes) is 28. The van der Waals surface area contributed by atoms with Gasteiger partial charge in [0, 0.05) is 6.42 Å². The molecule has 57 heavy (non-hydrogen) atoms. The van der Waals surface area contributed by atoms with Crippen molar-refractivity contribution in [2.24, 2.45) is 0 Å². The predicted octanol–water partition coefficient (Wildman–Crippen LogP) is 10.3. The van der Waals surface area contributed by atoms with E-state index in [1.807, 2.05) is 6.08 Å². The molecule has 6 N–H and O–H groups in total. The van der Waals surface area contributed by atoms with Crippen molar-refractivity contribution >= 4 is 5.91 Å². The van der Waals surface area contributed by atoms with Gasteiger partial charge in [-0.3, -0.25) is 4.79 Å². The van der Waals surface area contributed by atoms with Gasteiger partial charge in [0.1, 0.15) is 24.4 Å². The number of hydrogen-bond donors (Lipinski definition) is 6. The third-order valence-corrected chi connectivity index (χ3v) is 11.5. The minimum atomic E-state index is -1.56. The molecule has 0 spiro atoms. The van der Waals surface area contributed by atoms with Gasteiger partial charge < -0.3 is 40.3 Å². The molecular weight excluding hydrogens is 719 g/mol. The molecule has 1 fully saturated rings. The summed E-state index contributed by atoms with van der Waals surface area (Å²) in [6.45, 7) is 3.77. The zero-order chi connectivity index (χ0) is 41.6. The number of nitrogens with one attached hydrogen (secondary N) is 1. The van der Waals surface area contributed by atoms with Crippen molar-refractivity contribution in [2.75, 3.05) is 13.2 Å². The summed E-state index contributed by atoms with van der Waals surface area (Å²) in [6.07, 6.45) is 39.3. The van der Waals surface area contributed by atoms with Crippen LogP contribution in [0.1, 0.15) is 219 Å². The predicted molar refractivity (Wildman–Crippen MR) is 235 cm³/mol. The van der Waals surface area contributed by atoms with Crippen molar-refractivity contribution in [1.82, 2.24) is 5.32 Å². The maximum atomic E-state index is 13.0. The molecule has 9 heteroatoms. The Morgan fingerprint density at radius 2 is 0.982 bits per heavy atom. The number of aliphatic hydroxyl groups is 5. The van der Waals surface area contributed by atoms with E-state index in [9.17, 15) is 30.3 Å². The van der Waals surface area contributed by atoms with E-state index in [1.165, 1.54) is 161 Å². The quantitative estimate of drug-likeness (QED) is 0.0265. The van der Waals surface area contributed by atoms with Crippen LogP contribution in [0.4, 0.5) is 0 Å². The van der Waals surface area contributed by atoms with Gasteiger partial charge in [-0.15, -0.1) is 0 Å². The Bertz CT molecular complexity index is 945. The van der Waals surface area contributed by atoms with Gasteiger partial charge in [0.25, 0.3) is 0 Å². The minimum absolute atomic E-state index is 0.177. The standard InChI is InChI=1S/C48H91NO8/c1-3-5-7-9-11-13-15-17-18-19-20-21-22-23-24-26-28-30-32-34-36-38-44(52)49-41(40-56-48-47(55)46(54)45(53)43(39-50)57-48)42(51)37-35-33-31-29-27-25-16-14-12-10-8-6-4-2/h17-18,35,37,41-43,45-48,50-51,53-55H,3-16,19-34,36,38-40H2,1-2H3,(H,49,52)/b18-17?,37-35+/t41-,42+,43+,45+,46-,47+,48+/m0/s1. The maximum Gasteiger partial charge on any atom is 0.220 e. The second-order valence-corrected chi connectivity index (χ2v) is 16.9. The Morgan fingerprint density at radius 3 is 1.42 bits per heavy atom. The van der Waals surface area contributed by atoms with Gasteiger partial charge in [0.05, 0.1) is 25.4 Å². The summed E-state index contributed by atoms with van der Waals surface area (Å²) in [4.78, 5) is 13.0. The molecule has 1 rings (SSSR count). The molecule has 0 aromatic carbocycles. The Labute approximate surface area is 349 Å². The summed E-state index contributed by atoms with van der Waals surface area (Å²) in [6, 6.07) is -0.801. The molecule has 0 aliphatic carbocycles. The third kappa shape index (κ3) is 29.5. The molecule has 1 aliphatic rings. The summed E-state index contributed by atoms with van der Waals surface area (Å²) in [7, 11) is 0. The lowest BCUT2D eigenvalue weighted by atomic mass is 9.99. The molecule has 0 bridgehead atoms. The molecular formula is C48H91NO8. The van der Waals surface area contributed by atoms with Gasteiger partial charge in [-0.05, 0) is 44.9 Å². The Kier molecular flexibility index (Phi) is 36.6. The van der Waals surface area contributed by atoms with Crippen LogP contribution >= 0.6 is 0 Å². The minimum Gasteiger partial charge on any atom is -0.394 e. The van der Waals surface area contributed by atoms with E-state index in [1.54, 1.807) is 6.08 Å². The highest BCUT2D eigenvalue weighted by atomic mass is 16.7. The van der Waals surface area contributed by atoms with E-state index in [2.05, 4.69) is 31.3 Å². The highest BCUT2D eigenvalue weighted by molar-refractivity contribution is 5.76. The molecule has 1 heterocycles. The maximum absolute atomic E-state index is 13.0. The van der Waals surface area contributed by atoms with E-state index in [0.29, 0.717) is 6.42 Å². The molecule has 0 aromatic heterocycles. The Balaban J connectivity index is 2.29. The van der Waals surface area contributed by atoms with E-state index >= 15 is 0 Å². The molecule has 0 radical (unpaired) electrons. The van der Waals surface area contributed by atoms with Gasteiger partial charge >= 0.3 is 0 Å². The normalized spacial score (nSPS) is 21.1. The average molecular weight is 810 g/mol. The second kappa shape index (κ2) is 38.8. The molecule has 9 nitrogen and oxygen atoms in total. The average Bonchev–Trinajstić information content (AvgIpc) is 3.21. The molecule has 1 amide bonds. The summed E-state index contributed by atoms with van der Waals surface area (Å²) >= 11 is 0. The first kappa shape index (κ1) is 53.7. The number of ether oxygens (including phenoxy) is 2. The second-order valence-electron chi connectivity index (χ2n) is 16.9. The lowest BCUT2D eigenvalue weighted by Gasteiger charge is -2.40. The van der Waals surface area contributed by atoms with Gasteiger partial charge in [-0.1, -0.05) is 192 Å². The van der Waals surface area contributed by atoms with Crippen molar-refractivity contribution in [3.63, 3.8) is 0 Å². The number of carbonyl (C=O) groups is 1. The van der Waals surface area contributed by atoms with Gasteiger partial charge in [0.2, 0.25) is 5.91 Å². The Morgan fingerprint density at radius 1 is 0.579 bits per heavy atom. The number of rotatable bonds is 40. The summed E-state index contributed by atoms with van der Waals surface area (Å²) in [5, 5.41) is 54.2.